The van der Waals surface area contributed by atoms with Gasteiger partial charge in [0.15, 0.2) is 0 Å². The second-order valence-corrected chi connectivity index (χ2v) is 6.27. The molecule has 0 heterocycles. The molecule has 1 aliphatic carbocycles. The smallest absolute Gasteiger partial charge is 0.136 e. The molecule has 0 aliphatic heterocycles. The quantitative estimate of drug-likeness (QED) is 0.394. The lowest BCUT2D eigenvalue weighted by molar-refractivity contribution is 0.483. The van der Waals surface area contributed by atoms with Crippen LogP contribution in [0.5, 0.6) is 0 Å². The van der Waals surface area contributed by atoms with E-state index in [9.17, 15) is 0 Å². The summed E-state index contributed by atoms with van der Waals surface area (Å²) in [5.41, 5.74) is -0.0517. The third-order valence-electron chi connectivity index (χ3n) is 1.87. The first kappa shape index (κ1) is 10.2. The van der Waals surface area contributed by atoms with Gasteiger partial charge in [0, 0.05) is 0 Å². The van der Waals surface area contributed by atoms with Crippen molar-refractivity contribution in [2.75, 3.05) is 0 Å². The van der Waals surface area contributed by atoms with E-state index in [0.717, 1.165) is 0 Å². The van der Waals surface area contributed by atoms with Crippen molar-refractivity contribution < 1.29 is 0 Å². The Bertz CT molecular complexity index is 187. The zero-order valence-electron chi connectivity index (χ0n) is 8.26. The minimum Gasteiger partial charge on any atom is -0.187 e. The first-order chi connectivity index (χ1) is 5.31. The molecule has 2 nitrogen and oxygen atoms in total. The van der Waals surface area contributed by atoms with Gasteiger partial charge in [-0.15, -0.1) is 0 Å². The summed E-state index contributed by atoms with van der Waals surface area (Å²) in [4.78, 5) is 0. The van der Waals surface area contributed by atoms with Gasteiger partial charge in [-0.3, -0.25) is 0 Å². The summed E-state index contributed by atoms with van der Waals surface area (Å²) >= 11 is 3.60. The number of azo groups is 1. The van der Waals surface area contributed by atoms with Crippen molar-refractivity contribution in [1.29, 1.82) is 0 Å². The van der Waals surface area contributed by atoms with E-state index in [1.165, 1.54) is 12.8 Å². The van der Waals surface area contributed by atoms with Gasteiger partial charge in [0.2, 0.25) is 0 Å². The lowest BCUT2D eigenvalue weighted by Crippen LogP contribution is -2.17. The Morgan fingerprint density at radius 2 is 1.58 bits per heavy atom. The lowest BCUT2D eigenvalue weighted by Gasteiger charge is -2.18. The number of alkyl halides is 1. The first-order valence-corrected chi connectivity index (χ1v) is 5.23. The zero-order chi connectivity index (χ0) is 9.41. The normalized spacial score (nSPS) is 24.4. The minimum atomic E-state index is -0.111. The Hall–Kier alpha value is 0.0800. The van der Waals surface area contributed by atoms with Crippen molar-refractivity contribution in [3.05, 3.63) is 0 Å². The lowest BCUT2D eigenvalue weighted by atomic mass is 10.1. The monoisotopic (exact) mass is 232 g/mol. The van der Waals surface area contributed by atoms with Crippen LogP contribution in [0.3, 0.4) is 0 Å². The highest BCUT2D eigenvalue weighted by Crippen LogP contribution is 2.46. The average Bonchev–Trinajstić information content (AvgIpc) is 2.62. The summed E-state index contributed by atoms with van der Waals surface area (Å²) in [6.07, 6.45) is 2.57. The Labute approximate surface area is 83.0 Å². The van der Waals surface area contributed by atoms with Gasteiger partial charge in [0.1, 0.15) is 4.45 Å². The van der Waals surface area contributed by atoms with Crippen LogP contribution in [0.1, 0.15) is 40.5 Å². The number of nitrogens with zero attached hydrogens (tertiary/aromatic N) is 2. The van der Waals surface area contributed by atoms with E-state index in [1.807, 2.05) is 0 Å². The topological polar surface area (TPSA) is 24.7 Å². The third-order valence-corrected chi connectivity index (χ3v) is 2.67. The fraction of sp³-hybridized carbons (Fsp3) is 1.00. The van der Waals surface area contributed by atoms with Gasteiger partial charge in [0.25, 0.3) is 0 Å². The summed E-state index contributed by atoms with van der Waals surface area (Å²) in [7, 11) is 0. The number of hydrogen-bond acceptors (Lipinski definition) is 2. The SMILES string of the molecule is CC(C)(C)N=NC(C)(Br)C1CC1. The van der Waals surface area contributed by atoms with Crippen LogP contribution >= 0.6 is 15.9 Å². The van der Waals surface area contributed by atoms with Crippen LogP contribution in [-0.4, -0.2) is 9.99 Å². The Balaban J connectivity index is 2.53. The van der Waals surface area contributed by atoms with Crippen molar-refractivity contribution in [3.8, 4) is 0 Å². The molecular formula is C9H17BrN2. The molecule has 0 radical (unpaired) electrons. The van der Waals surface area contributed by atoms with Crippen LogP contribution < -0.4 is 0 Å². The second-order valence-electron chi connectivity index (χ2n) is 4.67. The molecule has 3 heteroatoms. The summed E-state index contributed by atoms with van der Waals surface area (Å²) in [6.45, 7) is 8.28. The van der Waals surface area contributed by atoms with E-state index in [2.05, 4.69) is 53.9 Å². The molecular weight excluding hydrogens is 216 g/mol. The molecule has 0 saturated heterocycles. The molecule has 1 aliphatic rings. The average molecular weight is 233 g/mol. The predicted molar refractivity (Wildman–Crippen MR) is 54.7 cm³/mol. The largest absolute Gasteiger partial charge is 0.187 e. The molecule has 12 heavy (non-hydrogen) atoms. The number of rotatable bonds is 2. The molecule has 1 rings (SSSR count). The van der Waals surface area contributed by atoms with Gasteiger partial charge in [-0.2, -0.15) is 10.2 Å². The summed E-state index contributed by atoms with van der Waals surface area (Å²) in [5.74, 6) is 0.698. The number of halogens is 1. The van der Waals surface area contributed by atoms with Gasteiger partial charge < -0.3 is 0 Å². The van der Waals surface area contributed by atoms with Crippen molar-refractivity contribution in [1.82, 2.24) is 0 Å². The fourth-order valence-electron chi connectivity index (χ4n) is 0.940. The van der Waals surface area contributed by atoms with Crippen molar-refractivity contribution in [3.63, 3.8) is 0 Å². The van der Waals surface area contributed by atoms with Crippen LogP contribution in [-0.2, 0) is 0 Å². The van der Waals surface area contributed by atoms with Gasteiger partial charge in [-0.25, -0.2) is 0 Å². The minimum absolute atomic E-state index is 0.0517. The van der Waals surface area contributed by atoms with Gasteiger partial charge in [0.05, 0.1) is 5.54 Å². The van der Waals surface area contributed by atoms with E-state index in [0.29, 0.717) is 5.92 Å². The first-order valence-electron chi connectivity index (χ1n) is 4.44. The van der Waals surface area contributed by atoms with Crippen molar-refractivity contribution in [2.45, 2.75) is 50.5 Å². The molecule has 0 aromatic heterocycles. The molecule has 1 saturated carbocycles. The maximum Gasteiger partial charge on any atom is 0.136 e. The Morgan fingerprint density at radius 1 is 1.08 bits per heavy atom. The van der Waals surface area contributed by atoms with Crippen LogP contribution in [0.4, 0.5) is 0 Å². The molecule has 1 unspecified atom stereocenters. The van der Waals surface area contributed by atoms with Crippen LogP contribution in [0.15, 0.2) is 10.2 Å². The molecule has 0 amide bonds. The van der Waals surface area contributed by atoms with E-state index >= 15 is 0 Å². The van der Waals surface area contributed by atoms with E-state index in [4.69, 9.17) is 0 Å². The molecule has 0 N–H and O–H groups in total. The molecule has 0 aromatic rings. The van der Waals surface area contributed by atoms with Crippen LogP contribution in [0, 0.1) is 5.92 Å². The molecule has 70 valence electrons. The van der Waals surface area contributed by atoms with E-state index < -0.39 is 0 Å². The van der Waals surface area contributed by atoms with Crippen LogP contribution in [0.2, 0.25) is 0 Å². The van der Waals surface area contributed by atoms with Gasteiger partial charge >= 0.3 is 0 Å². The number of hydrogen-bond donors (Lipinski definition) is 0. The van der Waals surface area contributed by atoms with Gasteiger partial charge in [-0.05, 0) is 46.5 Å². The van der Waals surface area contributed by atoms with E-state index in [-0.39, 0.29) is 9.99 Å². The Kier molecular flexibility index (Phi) is 2.62. The molecule has 1 atom stereocenters. The fourth-order valence-corrected chi connectivity index (χ4v) is 1.48. The summed E-state index contributed by atoms with van der Waals surface area (Å²) in [6, 6.07) is 0. The molecule has 0 spiro atoms. The third kappa shape index (κ3) is 3.21. The summed E-state index contributed by atoms with van der Waals surface area (Å²) in [5, 5.41) is 8.60. The highest BCUT2D eigenvalue weighted by molar-refractivity contribution is 9.10. The maximum absolute atomic E-state index is 4.33. The van der Waals surface area contributed by atoms with Gasteiger partial charge in [-0.1, -0.05) is 15.9 Å². The van der Waals surface area contributed by atoms with Crippen LogP contribution in [0.25, 0.3) is 0 Å². The second kappa shape index (κ2) is 3.09. The molecule has 0 bridgehead atoms. The van der Waals surface area contributed by atoms with Crippen molar-refractivity contribution in [2.24, 2.45) is 16.1 Å². The molecule has 1 fully saturated rings. The predicted octanol–water partition coefficient (Wildman–Crippen LogP) is 3.76. The standard InChI is InChI=1S/C9H17BrN2/c1-8(2,3)11-12-9(4,10)7-5-6-7/h7H,5-6H2,1-4H3. The van der Waals surface area contributed by atoms with E-state index in [1.54, 1.807) is 0 Å². The zero-order valence-corrected chi connectivity index (χ0v) is 9.85. The maximum atomic E-state index is 4.33. The highest BCUT2D eigenvalue weighted by atomic mass is 79.9. The molecule has 0 aromatic carbocycles. The highest BCUT2D eigenvalue weighted by Gasteiger charge is 2.40. The Morgan fingerprint density at radius 3 is 1.92 bits per heavy atom. The summed E-state index contributed by atoms with van der Waals surface area (Å²) < 4.78 is -0.111. The van der Waals surface area contributed by atoms with Crippen molar-refractivity contribution >= 4 is 15.9 Å².